The van der Waals surface area contributed by atoms with E-state index in [2.05, 4.69) is 10.6 Å². The molecule has 0 saturated heterocycles. The summed E-state index contributed by atoms with van der Waals surface area (Å²) in [7, 11) is -2.32. The van der Waals surface area contributed by atoms with Crippen LogP contribution in [0.4, 0.5) is 9.59 Å². The van der Waals surface area contributed by atoms with Gasteiger partial charge in [-0.3, -0.25) is 0 Å². The fraction of sp³-hybridized carbons (Fsp3) is 0.556. The number of likely N-dealkylation sites (N-methyl/N-ethyl adjacent to an activating group) is 1. The van der Waals surface area contributed by atoms with Crippen molar-refractivity contribution in [3.63, 3.8) is 0 Å². The lowest BCUT2D eigenvalue weighted by Crippen LogP contribution is -3.10. The number of benzene rings is 1. The van der Waals surface area contributed by atoms with Crippen molar-refractivity contribution in [2.75, 3.05) is 46.4 Å². The lowest BCUT2D eigenvalue weighted by molar-refractivity contribution is -0.880. The minimum absolute atomic E-state index is 0.178. The second kappa shape index (κ2) is 14.6. The number of rotatable bonds is 9. The molecule has 1 rings (SSSR count). The SMILES string of the molecule is CCNC(=O)OCC[NH+](C)CCOC(=O)NCC.Cc1ccc(S(=O)(=O)[O-])cc1. The largest absolute Gasteiger partial charge is 0.744 e. The van der Waals surface area contributed by atoms with Gasteiger partial charge in [0.05, 0.1) is 11.9 Å². The number of amides is 2. The van der Waals surface area contributed by atoms with Crippen LogP contribution in [0.1, 0.15) is 19.4 Å². The van der Waals surface area contributed by atoms with Gasteiger partial charge >= 0.3 is 12.2 Å². The first kappa shape index (κ1) is 26.6. The Morgan fingerprint density at radius 3 is 1.72 bits per heavy atom. The molecule has 11 heteroatoms. The van der Waals surface area contributed by atoms with Crippen LogP contribution in [0.2, 0.25) is 0 Å². The quantitative estimate of drug-likeness (QED) is 0.462. The molecular formula is C18H31N3O7S. The molecule has 2 amide bonds. The summed E-state index contributed by atoms with van der Waals surface area (Å²) < 4.78 is 41.0. The van der Waals surface area contributed by atoms with Gasteiger partial charge in [-0.25, -0.2) is 18.0 Å². The summed E-state index contributed by atoms with van der Waals surface area (Å²) in [6.07, 6.45) is -0.798. The third kappa shape index (κ3) is 14.3. The van der Waals surface area contributed by atoms with Crippen molar-refractivity contribution >= 4 is 22.3 Å². The Balaban J connectivity index is 0.000000604. The molecule has 0 unspecified atom stereocenters. The molecule has 0 aliphatic rings. The van der Waals surface area contributed by atoms with Crippen LogP contribution in [-0.4, -0.2) is 71.6 Å². The molecule has 166 valence electrons. The fourth-order valence-corrected chi connectivity index (χ4v) is 2.33. The highest BCUT2D eigenvalue weighted by Crippen LogP contribution is 2.08. The van der Waals surface area contributed by atoms with Crippen LogP contribution in [0.25, 0.3) is 0 Å². The van der Waals surface area contributed by atoms with Crippen LogP contribution >= 0.6 is 0 Å². The molecule has 0 atom stereocenters. The monoisotopic (exact) mass is 433 g/mol. The van der Waals surface area contributed by atoms with E-state index in [9.17, 15) is 22.6 Å². The minimum atomic E-state index is -4.27. The van der Waals surface area contributed by atoms with Gasteiger partial charge < -0.3 is 29.6 Å². The van der Waals surface area contributed by atoms with E-state index in [1.165, 1.54) is 12.1 Å². The van der Waals surface area contributed by atoms with E-state index >= 15 is 0 Å². The van der Waals surface area contributed by atoms with Gasteiger partial charge in [0.2, 0.25) is 0 Å². The number of carbonyl (C=O) groups is 2. The second-order valence-corrected chi connectivity index (χ2v) is 7.44. The third-order valence-corrected chi connectivity index (χ3v) is 4.33. The molecular weight excluding hydrogens is 402 g/mol. The normalized spacial score (nSPS) is 10.6. The van der Waals surface area contributed by atoms with E-state index in [0.717, 1.165) is 10.5 Å². The van der Waals surface area contributed by atoms with Gasteiger partial charge in [-0.05, 0) is 32.9 Å². The van der Waals surface area contributed by atoms with Crippen molar-refractivity contribution in [2.45, 2.75) is 25.7 Å². The van der Waals surface area contributed by atoms with Gasteiger partial charge in [-0.1, -0.05) is 17.7 Å². The molecule has 0 radical (unpaired) electrons. The zero-order chi connectivity index (χ0) is 22.3. The molecule has 0 fully saturated rings. The Labute approximate surface area is 172 Å². The summed E-state index contributed by atoms with van der Waals surface area (Å²) >= 11 is 0. The van der Waals surface area contributed by atoms with Crippen molar-refractivity contribution < 1.29 is 36.9 Å². The number of ether oxygens (including phenoxy) is 2. The van der Waals surface area contributed by atoms with E-state index in [4.69, 9.17) is 9.47 Å². The van der Waals surface area contributed by atoms with Crippen molar-refractivity contribution in [3.8, 4) is 0 Å². The number of hydrogen-bond donors (Lipinski definition) is 3. The van der Waals surface area contributed by atoms with E-state index in [0.29, 0.717) is 39.4 Å². The average Bonchev–Trinajstić information content (AvgIpc) is 2.62. The first-order valence-electron chi connectivity index (χ1n) is 9.25. The van der Waals surface area contributed by atoms with Crippen molar-refractivity contribution in [1.29, 1.82) is 0 Å². The molecule has 3 N–H and O–H groups in total. The van der Waals surface area contributed by atoms with E-state index in [-0.39, 0.29) is 4.90 Å². The molecule has 0 heterocycles. The molecule has 1 aromatic carbocycles. The maximum atomic E-state index is 11.0. The summed E-state index contributed by atoms with van der Waals surface area (Å²) in [6, 6.07) is 5.78. The average molecular weight is 434 g/mol. The van der Waals surface area contributed by atoms with Gasteiger partial charge in [0.25, 0.3) is 0 Å². The highest BCUT2D eigenvalue weighted by atomic mass is 32.2. The number of nitrogens with one attached hydrogen (secondary N) is 3. The van der Waals surface area contributed by atoms with Crippen molar-refractivity contribution in [1.82, 2.24) is 10.6 Å². The van der Waals surface area contributed by atoms with Crippen LogP contribution in [0, 0.1) is 6.92 Å². The van der Waals surface area contributed by atoms with E-state index in [1.54, 1.807) is 12.1 Å². The van der Waals surface area contributed by atoms with Crippen LogP contribution in [0.5, 0.6) is 0 Å². The summed E-state index contributed by atoms with van der Waals surface area (Å²) in [5, 5.41) is 5.09. The predicted octanol–water partition coefficient (Wildman–Crippen LogP) is -0.108. The molecule has 0 saturated carbocycles. The molecule has 1 aromatic rings. The maximum Gasteiger partial charge on any atom is 0.407 e. The van der Waals surface area contributed by atoms with Gasteiger partial charge in [-0.15, -0.1) is 0 Å². The molecule has 0 aliphatic carbocycles. The summed E-state index contributed by atoms with van der Waals surface area (Å²) in [4.78, 5) is 22.9. The number of carbonyl (C=O) groups excluding carboxylic acids is 2. The van der Waals surface area contributed by atoms with Crippen LogP contribution in [-0.2, 0) is 19.6 Å². The Kier molecular flexibility index (Phi) is 13.4. The number of alkyl carbamates (subject to hydrolysis) is 2. The van der Waals surface area contributed by atoms with Gasteiger partial charge in [-0.2, -0.15) is 0 Å². The topological polar surface area (TPSA) is 138 Å². The standard InChI is InChI=1S/C11H23N3O4.C7H8O3S/c1-4-12-10(15)17-8-6-14(3)7-9-18-11(16)13-5-2;1-6-2-4-7(5-3-6)11(8,9)10/h4-9H2,1-3H3,(H,12,15)(H,13,16);2-5H,1H3,(H,8,9,10). The van der Waals surface area contributed by atoms with Gasteiger partial charge in [0.1, 0.15) is 36.4 Å². The van der Waals surface area contributed by atoms with Crippen LogP contribution < -0.4 is 15.5 Å². The molecule has 0 spiro atoms. The van der Waals surface area contributed by atoms with E-state index in [1.807, 2.05) is 27.8 Å². The van der Waals surface area contributed by atoms with Crippen LogP contribution in [0.3, 0.4) is 0 Å². The Hall–Kier alpha value is -2.37. The zero-order valence-corrected chi connectivity index (χ0v) is 18.1. The number of aryl methyl sites for hydroxylation is 1. The van der Waals surface area contributed by atoms with E-state index < -0.39 is 22.3 Å². The maximum absolute atomic E-state index is 11.0. The highest BCUT2D eigenvalue weighted by molar-refractivity contribution is 7.85. The summed E-state index contributed by atoms with van der Waals surface area (Å²) in [6.45, 7) is 8.64. The van der Waals surface area contributed by atoms with Crippen molar-refractivity contribution in [3.05, 3.63) is 29.8 Å². The number of hydrogen-bond acceptors (Lipinski definition) is 7. The Bertz CT molecular complexity index is 685. The molecule has 0 aromatic heterocycles. The molecule has 0 bridgehead atoms. The Morgan fingerprint density at radius 2 is 1.38 bits per heavy atom. The van der Waals surface area contributed by atoms with Gasteiger partial charge in [0.15, 0.2) is 0 Å². The molecule has 0 aliphatic heterocycles. The van der Waals surface area contributed by atoms with Gasteiger partial charge in [0, 0.05) is 13.1 Å². The fourth-order valence-electron chi connectivity index (χ4n) is 1.86. The first-order valence-corrected chi connectivity index (χ1v) is 10.7. The second-order valence-electron chi connectivity index (χ2n) is 6.06. The predicted molar refractivity (Wildman–Crippen MR) is 106 cm³/mol. The Morgan fingerprint density at radius 1 is 0.966 bits per heavy atom. The van der Waals surface area contributed by atoms with Crippen molar-refractivity contribution in [2.24, 2.45) is 0 Å². The van der Waals surface area contributed by atoms with Crippen LogP contribution in [0.15, 0.2) is 29.2 Å². The highest BCUT2D eigenvalue weighted by Gasteiger charge is 2.06. The minimum Gasteiger partial charge on any atom is -0.744 e. The third-order valence-electron chi connectivity index (χ3n) is 3.48. The summed E-state index contributed by atoms with van der Waals surface area (Å²) in [5.41, 5.74) is 0.928. The molecule has 10 nitrogen and oxygen atoms in total. The molecule has 29 heavy (non-hydrogen) atoms. The summed E-state index contributed by atoms with van der Waals surface area (Å²) in [5.74, 6) is 0. The number of quaternary nitrogens is 1. The smallest absolute Gasteiger partial charge is 0.407 e. The zero-order valence-electron chi connectivity index (χ0n) is 17.3. The lowest BCUT2D eigenvalue weighted by Gasteiger charge is -2.14. The lowest BCUT2D eigenvalue weighted by atomic mass is 10.2. The first-order chi connectivity index (χ1) is 13.6.